The van der Waals surface area contributed by atoms with Crippen LogP contribution >= 0.6 is 12.6 Å². The SMILES string of the molecule is CC(C)CC(NC(=O)C(CC(N)=O)NC(=O)C(N)CCCCN)C(=O)NC(CS)C(=O)O. The fourth-order valence-electron chi connectivity index (χ4n) is 2.76. The molecular weight excluding hydrogens is 440 g/mol. The molecule has 0 aromatic carbocycles. The third-order valence-corrected chi connectivity index (χ3v) is 4.85. The Morgan fingerprint density at radius 2 is 1.44 bits per heavy atom. The average molecular weight is 477 g/mol. The second kappa shape index (κ2) is 15.4. The van der Waals surface area contributed by atoms with Gasteiger partial charge in [0, 0.05) is 5.75 Å². The minimum Gasteiger partial charge on any atom is -0.480 e. The van der Waals surface area contributed by atoms with Crippen LogP contribution in [0.15, 0.2) is 0 Å². The first-order valence-electron chi connectivity index (χ1n) is 10.4. The highest BCUT2D eigenvalue weighted by molar-refractivity contribution is 7.80. The van der Waals surface area contributed by atoms with Gasteiger partial charge in [-0.05, 0) is 31.7 Å². The van der Waals surface area contributed by atoms with E-state index in [0.29, 0.717) is 25.8 Å². The number of nitrogens with one attached hydrogen (secondary N) is 3. The molecule has 0 rings (SSSR count). The predicted molar refractivity (Wildman–Crippen MR) is 121 cm³/mol. The Kier molecular flexibility index (Phi) is 14.3. The van der Waals surface area contributed by atoms with Crippen molar-refractivity contribution < 1.29 is 29.1 Å². The monoisotopic (exact) mass is 476 g/mol. The molecule has 0 aliphatic carbocycles. The molecule has 4 atom stereocenters. The minimum absolute atomic E-state index is 0.0366. The molecule has 4 unspecified atom stereocenters. The fraction of sp³-hybridized carbons (Fsp3) is 0.737. The maximum Gasteiger partial charge on any atom is 0.327 e. The number of aliphatic carboxylic acids is 1. The molecule has 13 heteroatoms. The van der Waals surface area contributed by atoms with Crippen molar-refractivity contribution in [3.63, 3.8) is 0 Å². The van der Waals surface area contributed by atoms with E-state index in [2.05, 4.69) is 28.6 Å². The van der Waals surface area contributed by atoms with Crippen LogP contribution in [0.5, 0.6) is 0 Å². The third kappa shape index (κ3) is 11.9. The molecule has 12 nitrogen and oxygen atoms in total. The Morgan fingerprint density at radius 3 is 1.91 bits per heavy atom. The number of carboxylic acid groups (broad SMARTS) is 1. The van der Waals surface area contributed by atoms with Gasteiger partial charge in [0.2, 0.25) is 23.6 Å². The van der Waals surface area contributed by atoms with Gasteiger partial charge in [0.25, 0.3) is 0 Å². The lowest BCUT2D eigenvalue weighted by molar-refractivity contribution is -0.141. The van der Waals surface area contributed by atoms with Crippen molar-refractivity contribution >= 4 is 42.2 Å². The fourth-order valence-corrected chi connectivity index (χ4v) is 3.01. The number of nitrogens with two attached hydrogens (primary N) is 3. The molecule has 0 aliphatic heterocycles. The first-order chi connectivity index (χ1) is 14.9. The van der Waals surface area contributed by atoms with E-state index < -0.39 is 60.2 Å². The van der Waals surface area contributed by atoms with Crippen molar-refractivity contribution in [1.82, 2.24) is 16.0 Å². The number of hydrogen-bond donors (Lipinski definition) is 8. The van der Waals surface area contributed by atoms with E-state index in [9.17, 15) is 24.0 Å². The molecule has 4 amide bonds. The lowest BCUT2D eigenvalue weighted by Crippen LogP contribution is -2.58. The van der Waals surface area contributed by atoms with Gasteiger partial charge in [0.05, 0.1) is 12.5 Å². The van der Waals surface area contributed by atoms with Gasteiger partial charge in [-0.3, -0.25) is 19.2 Å². The van der Waals surface area contributed by atoms with Crippen molar-refractivity contribution in [2.75, 3.05) is 12.3 Å². The van der Waals surface area contributed by atoms with E-state index in [4.69, 9.17) is 22.3 Å². The number of unbranched alkanes of at least 4 members (excludes halogenated alkanes) is 1. The number of hydrogen-bond acceptors (Lipinski definition) is 8. The summed E-state index contributed by atoms with van der Waals surface area (Å²) in [6.45, 7) is 4.07. The van der Waals surface area contributed by atoms with Crippen LogP contribution in [0.3, 0.4) is 0 Å². The Labute approximate surface area is 193 Å². The van der Waals surface area contributed by atoms with Crippen LogP contribution in [0.1, 0.15) is 46.0 Å². The van der Waals surface area contributed by atoms with Gasteiger partial charge in [0.1, 0.15) is 18.1 Å². The van der Waals surface area contributed by atoms with E-state index in [1.807, 2.05) is 13.8 Å². The lowest BCUT2D eigenvalue weighted by Gasteiger charge is -2.25. The van der Waals surface area contributed by atoms with Gasteiger partial charge in [-0.25, -0.2) is 4.79 Å². The molecule has 0 aromatic rings. The van der Waals surface area contributed by atoms with Gasteiger partial charge < -0.3 is 38.3 Å². The van der Waals surface area contributed by atoms with Crippen molar-refractivity contribution in [3.05, 3.63) is 0 Å². The maximum absolute atomic E-state index is 12.8. The van der Waals surface area contributed by atoms with Crippen molar-refractivity contribution in [2.24, 2.45) is 23.1 Å². The highest BCUT2D eigenvalue weighted by atomic mass is 32.1. The van der Waals surface area contributed by atoms with E-state index in [0.717, 1.165) is 0 Å². The Bertz CT molecular complexity index is 662. The Balaban J connectivity index is 5.35. The zero-order valence-electron chi connectivity index (χ0n) is 18.5. The lowest BCUT2D eigenvalue weighted by atomic mass is 10.0. The quantitative estimate of drug-likeness (QED) is 0.0902. The van der Waals surface area contributed by atoms with Crippen molar-refractivity contribution in [3.8, 4) is 0 Å². The van der Waals surface area contributed by atoms with Crippen molar-refractivity contribution in [2.45, 2.75) is 70.1 Å². The molecule has 0 heterocycles. The topological polar surface area (TPSA) is 220 Å². The number of carbonyl (C=O) groups is 5. The molecule has 0 saturated heterocycles. The molecule has 0 aromatic heterocycles. The minimum atomic E-state index is -1.34. The maximum atomic E-state index is 12.8. The smallest absolute Gasteiger partial charge is 0.327 e. The van der Waals surface area contributed by atoms with Crippen LogP contribution in [0.4, 0.5) is 0 Å². The number of thiol groups is 1. The highest BCUT2D eigenvalue weighted by Gasteiger charge is 2.31. The average Bonchev–Trinajstić information content (AvgIpc) is 2.69. The molecule has 0 bridgehead atoms. The largest absolute Gasteiger partial charge is 0.480 e. The molecular formula is C19H36N6O6S. The van der Waals surface area contributed by atoms with Crippen LogP contribution in [-0.4, -0.2) is 71.2 Å². The summed E-state index contributed by atoms with van der Waals surface area (Å²) < 4.78 is 0. The van der Waals surface area contributed by atoms with Crippen LogP contribution < -0.4 is 33.2 Å². The zero-order valence-corrected chi connectivity index (χ0v) is 19.4. The summed E-state index contributed by atoms with van der Waals surface area (Å²) in [4.78, 5) is 60.3. The summed E-state index contributed by atoms with van der Waals surface area (Å²) in [6, 6.07) is -4.60. The first-order valence-corrected chi connectivity index (χ1v) is 11.0. The van der Waals surface area contributed by atoms with Crippen LogP contribution in [0.25, 0.3) is 0 Å². The number of carbonyl (C=O) groups excluding carboxylic acids is 4. The van der Waals surface area contributed by atoms with Crippen LogP contribution in [0.2, 0.25) is 0 Å². The number of rotatable bonds is 16. The standard InChI is InChI=1S/C19H36N6O6S/c1-10(2)7-12(17(28)25-14(9-32)19(30)31)24-18(29)13(8-15(22)26)23-16(27)11(21)5-3-4-6-20/h10-14,32H,3-9,20-21H2,1-2H3,(H2,22,26)(H,23,27)(H,24,29)(H,25,28)(H,30,31). The Hall–Kier alpha value is -2.38. The van der Waals surface area contributed by atoms with E-state index in [-0.39, 0.29) is 18.1 Å². The molecule has 184 valence electrons. The molecule has 0 aliphatic rings. The van der Waals surface area contributed by atoms with Gasteiger partial charge >= 0.3 is 5.97 Å². The first kappa shape index (κ1) is 29.6. The van der Waals surface area contributed by atoms with Crippen LogP contribution in [0, 0.1) is 5.92 Å². The summed E-state index contributed by atoms with van der Waals surface area (Å²) in [5.41, 5.74) is 16.4. The summed E-state index contributed by atoms with van der Waals surface area (Å²) in [5.74, 6) is -4.48. The van der Waals surface area contributed by atoms with Gasteiger partial charge in [-0.1, -0.05) is 20.3 Å². The number of amides is 4. The third-order valence-electron chi connectivity index (χ3n) is 4.48. The van der Waals surface area contributed by atoms with Crippen molar-refractivity contribution in [1.29, 1.82) is 0 Å². The summed E-state index contributed by atoms with van der Waals surface area (Å²) >= 11 is 3.89. The molecule has 32 heavy (non-hydrogen) atoms. The van der Waals surface area contributed by atoms with E-state index in [1.165, 1.54) is 0 Å². The van der Waals surface area contributed by atoms with Gasteiger partial charge in [-0.2, -0.15) is 12.6 Å². The van der Waals surface area contributed by atoms with Crippen LogP contribution in [-0.2, 0) is 24.0 Å². The second-order valence-corrected chi connectivity index (χ2v) is 8.26. The Morgan fingerprint density at radius 1 is 0.906 bits per heavy atom. The molecule has 0 fully saturated rings. The second-order valence-electron chi connectivity index (χ2n) is 7.90. The zero-order chi connectivity index (χ0) is 24.8. The summed E-state index contributed by atoms with van der Waals surface area (Å²) in [6.07, 6.45) is 1.32. The van der Waals surface area contributed by atoms with Gasteiger partial charge in [0.15, 0.2) is 0 Å². The predicted octanol–water partition coefficient (Wildman–Crippen LogP) is -2.17. The molecule has 10 N–H and O–H groups in total. The molecule has 0 saturated carbocycles. The highest BCUT2D eigenvalue weighted by Crippen LogP contribution is 2.07. The number of carboxylic acids is 1. The van der Waals surface area contributed by atoms with Gasteiger partial charge in [-0.15, -0.1) is 0 Å². The molecule has 0 spiro atoms. The summed E-state index contributed by atoms with van der Waals surface area (Å²) in [7, 11) is 0. The summed E-state index contributed by atoms with van der Waals surface area (Å²) in [5, 5.41) is 16.3. The van der Waals surface area contributed by atoms with E-state index >= 15 is 0 Å². The van der Waals surface area contributed by atoms with E-state index in [1.54, 1.807) is 0 Å². The number of primary amides is 1. The normalized spacial score (nSPS) is 14.7. The molecule has 0 radical (unpaired) electrons.